The highest BCUT2D eigenvalue weighted by atomic mass is 16.5. The molecule has 116 valence electrons. The number of benzene rings is 1. The summed E-state index contributed by atoms with van der Waals surface area (Å²) in [5.41, 5.74) is 1.64. The maximum absolute atomic E-state index is 12.2. The van der Waals surface area contributed by atoms with E-state index in [0.29, 0.717) is 11.3 Å². The Balaban J connectivity index is 1.97. The SMILES string of the molecule is Cc1cccc(CO)c1OC(C)C(=O)NC1CCCCC1. The van der Waals surface area contributed by atoms with Crippen LogP contribution < -0.4 is 10.1 Å². The van der Waals surface area contributed by atoms with E-state index in [1.165, 1.54) is 19.3 Å². The summed E-state index contributed by atoms with van der Waals surface area (Å²) < 4.78 is 5.80. The lowest BCUT2D eigenvalue weighted by atomic mass is 9.95. The summed E-state index contributed by atoms with van der Waals surface area (Å²) in [4.78, 5) is 12.2. The van der Waals surface area contributed by atoms with Crippen molar-refractivity contribution >= 4 is 5.91 Å². The Labute approximate surface area is 126 Å². The lowest BCUT2D eigenvalue weighted by molar-refractivity contribution is -0.128. The smallest absolute Gasteiger partial charge is 0.260 e. The zero-order valence-electron chi connectivity index (χ0n) is 12.9. The molecule has 2 rings (SSSR count). The number of rotatable bonds is 5. The fourth-order valence-electron chi connectivity index (χ4n) is 2.80. The number of hydrogen-bond acceptors (Lipinski definition) is 3. The molecule has 1 atom stereocenters. The average molecular weight is 291 g/mol. The first-order chi connectivity index (χ1) is 10.1. The summed E-state index contributed by atoms with van der Waals surface area (Å²) in [5, 5.41) is 12.4. The predicted octanol–water partition coefficient (Wildman–Crippen LogP) is 2.70. The summed E-state index contributed by atoms with van der Waals surface area (Å²) >= 11 is 0. The molecule has 1 amide bonds. The number of para-hydroxylation sites is 1. The van der Waals surface area contributed by atoms with Gasteiger partial charge in [0, 0.05) is 11.6 Å². The van der Waals surface area contributed by atoms with Crippen LogP contribution >= 0.6 is 0 Å². The number of ether oxygens (including phenoxy) is 1. The quantitative estimate of drug-likeness (QED) is 0.877. The second-order valence-corrected chi connectivity index (χ2v) is 5.82. The molecule has 1 aliphatic carbocycles. The first kappa shape index (κ1) is 15.8. The van der Waals surface area contributed by atoms with E-state index in [1.54, 1.807) is 6.92 Å². The molecule has 1 aliphatic rings. The number of amides is 1. The molecule has 0 bridgehead atoms. The molecule has 4 heteroatoms. The first-order valence-electron chi connectivity index (χ1n) is 7.78. The normalized spacial score (nSPS) is 17.3. The summed E-state index contributed by atoms with van der Waals surface area (Å²) in [6.07, 6.45) is 5.20. The van der Waals surface area contributed by atoms with Crippen LogP contribution in [-0.4, -0.2) is 23.2 Å². The van der Waals surface area contributed by atoms with Crippen molar-refractivity contribution in [2.24, 2.45) is 0 Å². The van der Waals surface area contributed by atoms with Gasteiger partial charge < -0.3 is 15.2 Å². The first-order valence-corrected chi connectivity index (χ1v) is 7.78. The van der Waals surface area contributed by atoms with Gasteiger partial charge in [-0.25, -0.2) is 0 Å². The average Bonchev–Trinajstić information content (AvgIpc) is 2.50. The summed E-state index contributed by atoms with van der Waals surface area (Å²) in [5.74, 6) is 0.542. The topological polar surface area (TPSA) is 58.6 Å². The number of carbonyl (C=O) groups is 1. The van der Waals surface area contributed by atoms with Gasteiger partial charge in [-0.1, -0.05) is 37.5 Å². The molecule has 1 saturated carbocycles. The van der Waals surface area contributed by atoms with E-state index < -0.39 is 6.10 Å². The Hall–Kier alpha value is -1.55. The van der Waals surface area contributed by atoms with Crippen LogP contribution in [0.2, 0.25) is 0 Å². The molecule has 0 spiro atoms. The van der Waals surface area contributed by atoms with Crippen LogP contribution in [0.5, 0.6) is 5.75 Å². The van der Waals surface area contributed by atoms with Crippen molar-refractivity contribution in [3.63, 3.8) is 0 Å². The van der Waals surface area contributed by atoms with Crippen LogP contribution in [0.4, 0.5) is 0 Å². The van der Waals surface area contributed by atoms with Crippen LogP contribution in [0.25, 0.3) is 0 Å². The molecule has 1 fully saturated rings. The van der Waals surface area contributed by atoms with Crippen molar-refractivity contribution in [2.45, 2.75) is 64.7 Å². The van der Waals surface area contributed by atoms with E-state index >= 15 is 0 Å². The molecule has 4 nitrogen and oxygen atoms in total. The van der Waals surface area contributed by atoms with Crippen molar-refractivity contribution in [1.82, 2.24) is 5.32 Å². The van der Waals surface area contributed by atoms with E-state index in [-0.39, 0.29) is 18.6 Å². The molecule has 1 aromatic carbocycles. The van der Waals surface area contributed by atoms with Gasteiger partial charge in [0.25, 0.3) is 5.91 Å². The zero-order chi connectivity index (χ0) is 15.2. The van der Waals surface area contributed by atoms with Crippen molar-refractivity contribution < 1.29 is 14.6 Å². The zero-order valence-corrected chi connectivity index (χ0v) is 12.9. The third kappa shape index (κ3) is 4.21. The Bertz CT molecular complexity index is 481. The minimum Gasteiger partial charge on any atom is -0.480 e. The van der Waals surface area contributed by atoms with Crippen LogP contribution in [0.15, 0.2) is 18.2 Å². The van der Waals surface area contributed by atoms with Gasteiger partial charge in [-0.05, 0) is 32.3 Å². The molecule has 0 aliphatic heterocycles. The number of carbonyl (C=O) groups excluding carboxylic acids is 1. The predicted molar refractivity (Wildman–Crippen MR) is 82.2 cm³/mol. The lowest BCUT2D eigenvalue weighted by Gasteiger charge is -2.25. The van der Waals surface area contributed by atoms with E-state index in [9.17, 15) is 9.90 Å². The second-order valence-electron chi connectivity index (χ2n) is 5.82. The van der Waals surface area contributed by atoms with Gasteiger partial charge in [0.1, 0.15) is 5.75 Å². The van der Waals surface area contributed by atoms with Gasteiger partial charge in [0.05, 0.1) is 6.61 Å². The van der Waals surface area contributed by atoms with Crippen molar-refractivity contribution in [1.29, 1.82) is 0 Å². The summed E-state index contributed by atoms with van der Waals surface area (Å²) in [6.45, 7) is 3.58. The van der Waals surface area contributed by atoms with Crippen LogP contribution in [0.1, 0.15) is 50.2 Å². The van der Waals surface area contributed by atoms with Gasteiger partial charge in [-0.2, -0.15) is 0 Å². The maximum atomic E-state index is 12.2. The van der Waals surface area contributed by atoms with E-state index in [1.807, 2.05) is 25.1 Å². The van der Waals surface area contributed by atoms with Crippen LogP contribution in [0.3, 0.4) is 0 Å². The molecule has 2 N–H and O–H groups in total. The van der Waals surface area contributed by atoms with Gasteiger partial charge in [0.2, 0.25) is 0 Å². The number of aliphatic hydroxyl groups excluding tert-OH is 1. The molecule has 0 radical (unpaired) electrons. The number of hydrogen-bond donors (Lipinski definition) is 2. The molecule has 0 saturated heterocycles. The highest BCUT2D eigenvalue weighted by molar-refractivity contribution is 5.81. The summed E-state index contributed by atoms with van der Waals surface area (Å²) in [7, 11) is 0. The Morgan fingerprint density at radius 3 is 2.76 bits per heavy atom. The van der Waals surface area contributed by atoms with Crippen LogP contribution in [0, 0.1) is 6.92 Å². The fraction of sp³-hybridized carbons (Fsp3) is 0.588. The van der Waals surface area contributed by atoms with E-state index in [2.05, 4.69) is 5.32 Å². The number of nitrogens with one attached hydrogen (secondary N) is 1. The fourth-order valence-corrected chi connectivity index (χ4v) is 2.80. The van der Waals surface area contributed by atoms with E-state index in [4.69, 9.17) is 4.74 Å². The maximum Gasteiger partial charge on any atom is 0.260 e. The molecule has 21 heavy (non-hydrogen) atoms. The Morgan fingerprint density at radius 1 is 1.38 bits per heavy atom. The minimum atomic E-state index is -0.557. The van der Waals surface area contributed by atoms with E-state index in [0.717, 1.165) is 18.4 Å². The third-order valence-corrected chi connectivity index (χ3v) is 4.08. The van der Waals surface area contributed by atoms with Gasteiger partial charge in [-0.3, -0.25) is 4.79 Å². The van der Waals surface area contributed by atoms with Gasteiger partial charge >= 0.3 is 0 Å². The van der Waals surface area contributed by atoms with Gasteiger partial charge in [-0.15, -0.1) is 0 Å². The standard InChI is InChI=1S/C17H25NO3/c1-12-7-6-8-14(11-19)16(12)21-13(2)17(20)18-15-9-4-3-5-10-15/h6-8,13,15,19H,3-5,9-11H2,1-2H3,(H,18,20). The van der Waals surface area contributed by atoms with Crippen molar-refractivity contribution in [3.8, 4) is 5.75 Å². The largest absolute Gasteiger partial charge is 0.480 e. The molecule has 0 aromatic heterocycles. The summed E-state index contributed by atoms with van der Waals surface area (Å²) in [6, 6.07) is 5.89. The second kappa shape index (κ2) is 7.46. The molecule has 1 aromatic rings. The molecular weight excluding hydrogens is 266 g/mol. The van der Waals surface area contributed by atoms with Crippen molar-refractivity contribution in [2.75, 3.05) is 0 Å². The number of aryl methyl sites for hydroxylation is 1. The monoisotopic (exact) mass is 291 g/mol. The third-order valence-electron chi connectivity index (χ3n) is 4.08. The number of aliphatic hydroxyl groups is 1. The van der Waals surface area contributed by atoms with Crippen molar-refractivity contribution in [3.05, 3.63) is 29.3 Å². The Kier molecular flexibility index (Phi) is 5.62. The minimum absolute atomic E-state index is 0.0750. The highest BCUT2D eigenvalue weighted by Gasteiger charge is 2.21. The van der Waals surface area contributed by atoms with Crippen LogP contribution in [-0.2, 0) is 11.4 Å². The highest BCUT2D eigenvalue weighted by Crippen LogP contribution is 2.25. The molecule has 1 unspecified atom stereocenters. The lowest BCUT2D eigenvalue weighted by Crippen LogP contribution is -2.43. The van der Waals surface area contributed by atoms with Gasteiger partial charge in [0.15, 0.2) is 6.10 Å². The Morgan fingerprint density at radius 2 is 2.10 bits per heavy atom. The molecular formula is C17H25NO3. The molecule has 0 heterocycles.